The van der Waals surface area contributed by atoms with Crippen LogP contribution in [-0.4, -0.2) is 23.8 Å². The van der Waals surface area contributed by atoms with Gasteiger partial charge in [0.2, 0.25) is 11.6 Å². The molecule has 0 amide bonds. The number of phenols is 1. The van der Waals surface area contributed by atoms with Crippen molar-refractivity contribution in [1.29, 1.82) is 0 Å². The molecule has 1 N–H and O–H groups in total. The number of carbonyl (C=O) groups is 1. The summed E-state index contributed by atoms with van der Waals surface area (Å²) in [4.78, 5) is 12.2. The summed E-state index contributed by atoms with van der Waals surface area (Å²) in [6.45, 7) is 1.81. The Hall–Kier alpha value is -3.88. The van der Waals surface area contributed by atoms with E-state index in [1.807, 2.05) is 0 Å². The average molecular weight is 504 g/mol. The van der Waals surface area contributed by atoms with E-state index in [2.05, 4.69) is 0 Å². The molecule has 0 bridgehead atoms. The van der Waals surface area contributed by atoms with Crippen LogP contribution in [-0.2, 0) is 4.74 Å². The predicted octanol–water partition coefficient (Wildman–Crippen LogP) is 6.95. The Morgan fingerprint density at radius 2 is 1.69 bits per heavy atom. The number of halogens is 5. The molecule has 0 radical (unpaired) electrons. The van der Waals surface area contributed by atoms with Crippen LogP contribution >= 0.6 is 0 Å². The van der Waals surface area contributed by atoms with E-state index in [4.69, 9.17) is 9.47 Å². The van der Waals surface area contributed by atoms with Gasteiger partial charge in [-0.25, -0.2) is 18.0 Å². The van der Waals surface area contributed by atoms with Crippen molar-refractivity contribution in [3.63, 3.8) is 0 Å². The summed E-state index contributed by atoms with van der Waals surface area (Å²) < 4.78 is 81.3. The first-order valence-corrected chi connectivity index (χ1v) is 11.2. The van der Waals surface area contributed by atoms with Crippen LogP contribution in [0.1, 0.15) is 42.1 Å². The highest BCUT2D eigenvalue weighted by Crippen LogP contribution is 2.35. The van der Waals surface area contributed by atoms with Crippen molar-refractivity contribution in [1.82, 2.24) is 0 Å². The second-order valence-corrected chi connectivity index (χ2v) is 8.16. The molecule has 1 unspecified atom stereocenters. The zero-order valence-corrected chi connectivity index (χ0v) is 19.1. The fraction of sp³-hybridized carbons (Fsp3) is 0.222. The maximum atomic E-state index is 14.9. The molecule has 0 heterocycles. The van der Waals surface area contributed by atoms with Gasteiger partial charge in [-0.1, -0.05) is 18.2 Å². The molecule has 0 fully saturated rings. The van der Waals surface area contributed by atoms with Crippen LogP contribution in [0.5, 0.6) is 11.5 Å². The Bertz CT molecular complexity index is 1350. The summed E-state index contributed by atoms with van der Waals surface area (Å²) in [6.07, 6.45) is 1.88. The summed E-state index contributed by atoms with van der Waals surface area (Å²) in [7, 11) is 0. The van der Waals surface area contributed by atoms with Gasteiger partial charge in [-0.05, 0) is 61.2 Å². The molecule has 4 rings (SSSR count). The molecule has 9 heteroatoms. The normalized spacial score (nSPS) is 15.4. The van der Waals surface area contributed by atoms with Crippen molar-refractivity contribution in [2.45, 2.75) is 32.3 Å². The molecule has 1 aliphatic rings. The molecule has 3 aromatic carbocycles. The summed E-state index contributed by atoms with van der Waals surface area (Å²) in [5, 5.41) is 9.18. The highest BCUT2D eigenvalue weighted by molar-refractivity contribution is 5.90. The smallest absolute Gasteiger partial charge is 0.341 e. The standard InChI is InChI=1S/C27H21F5O4/c1-2-35-22-12-10-18(23(29)26(22)32)15-5-8-17(20(28)13-15)14-3-6-16(7-4-14)36-27(34)19-9-11-21(33)25(31)24(19)30/h3,5,8-13,16,33H,2,4,6-7H2,1H3. The van der Waals surface area contributed by atoms with Crippen molar-refractivity contribution < 1.29 is 41.3 Å². The molecule has 188 valence electrons. The highest BCUT2D eigenvalue weighted by atomic mass is 19.2. The molecule has 1 atom stereocenters. The van der Waals surface area contributed by atoms with Crippen molar-refractivity contribution in [2.75, 3.05) is 6.61 Å². The van der Waals surface area contributed by atoms with Gasteiger partial charge in [0, 0.05) is 17.5 Å². The second kappa shape index (κ2) is 10.4. The Kier molecular flexibility index (Phi) is 7.28. The number of ether oxygens (including phenoxy) is 2. The van der Waals surface area contributed by atoms with Crippen molar-refractivity contribution in [2.24, 2.45) is 0 Å². The van der Waals surface area contributed by atoms with Crippen LogP contribution in [0.15, 0.2) is 48.5 Å². The molecule has 0 saturated carbocycles. The van der Waals surface area contributed by atoms with Gasteiger partial charge in [-0.3, -0.25) is 0 Å². The molecular weight excluding hydrogens is 483 g/mol. The van der Waals surface area contributed by atoms with E-state index in [-0.39, 0.29) is 35.5 Å². The molecule has 0 aliphatic heterocycles. The quantitative estimate of drug-likeness (QED) is 0.292. The van der Waals surface area contributed by atoms with E-state index in [0.717, 1.165) is 18.2 Å². The van der Waals surface area contributed by atoms with E-state index in [1.165, 1.54) is 24.3 Å². The lowest BCUT2D eigenvalue weighted by Gasteiger charge is -2.23. The first-order chi connectivity index (χ1) is 17.2. The maximum absolute atomic E-state index is 14.9. The molecule has 1 aliphatic carbocycles. The number of esters is 1. The molecule has 0 aromatic heterocycles. The number of hydrogen-bond donors (Lipinski definition) is 1. The number of carbonyl (C=O) groups excluding carboxylic acids is 1. The van der Waals surface area contributed by atoms with Crippen LogP contribution in [0.4, 0.5) is 22.0 Å². The van der Waals surface area contributed by atoms with Crippen LogP contribution < -0.4 is 4.74 Å². The van der Waals surface area contributed by atoms with Crippen LogP contribution in [0.3, 0.4) is 0 Å². The Morgan fingerprint density at radius 3 is 2.36 bits per heavy atom. The van der Waals surface area contributed by atoms with Crippen molar-refractivity contribution >= 4 is 11.5 Å². The fourth-order valence-electron chi connectivity index (χ4n) is 4.04. The van der Waals surface area contributed by atoms with E-state index in [0.29, 0.717) is 18.4 Å². The molecule has 4 nitrogen and oxygen atoms in total. The topological polar surface area (TPSA) is 55.8 Å². The number of phenolic OH excluding ortho intramolecular Hbond substituents is 1. The molecule has 36 heavy (non-hydrogen) atoms. The summed E-state index contributed by atoms with van der Waals surface area (Å²) in [5.74, 6) is -8.18. The Balaban J connectivity index is 1.47. The zero-order valence-electron chi connectivity index (χ0n) is 19.1. The van der Waals surface area contributed by atoms with Gasteiger partial charge in [-0.2, -0.15) is 8.78 Å². The Morgan fingerprint density at radius 1 is 0.944 bits per heavy atom. The third-order valence-corrected chi connectivity index (χ3v) is 5.89. The van der Waals surface area contributed by atoms with Crippen molar-refractivity contribution in [3.8, 4) is 22.6 Å². The maximum Gasteiger partial charge on any atom is 0.341 e. The number of allylic oxidation sites excluding steroid dienone is 1. The molecule has 0 spiro atoms. The summed E-state index contributed by atoms with van der Waals surface area (Å²) in [5.41, 5.74) is 0.305. The lowest BCUT2D eigenvalue weighted by Crippen LogP contribution is -2.21. The third kappa shape index (κ3) is 4.91. The molecule has 3 aromatic rings. The monoisotopic (exact) mass is 504 g/mol. The third-order valence-electron chi connectivity index (χ3n) is 5.89. The lowest BCUT2D eigenvalue weighted by atomic mass is 9.90. The Labute approximate surface area is 203 Å². The highest BCUT2D eigenvalue weighted by Gasteiger charge is 2.25. The summed E-state index contributed by atoms with van der Waals surface area (Å²) >= 11 is 0. The van der Waals surface area contributed by atoms with E-state index in [9.17, 15) is 31.9 Å². The van der Waals surface area contributed by atoms with E-state index < -0.39 is 52.5 Å². The van der Waals surface area contributed by atoms with Crippen molar-refractivity contribution in [3.05, 3.63) is 88.8 Å². The van der Waals surface area contributed by atoms with Crippen LogP contribution in [0.2, 0.25) is 0 Å². The van der Waals surface area contributed by atoms with E-state index in [1.54, 1.807) is 13.0 Å². The summed E-state index contributed by atoms with van der Waals surface area (Å²) in [6, 6.07) is 8.44. The minimum absolute atomic E-state index is 0.107. The second-order valence-electron chi connectivity index (χ2n) is 8.16. The zero-order chi connectivity index (χ0) is 26.0. The van der Waals surface area contributed by atoms with Gasteiger partial charge in [0.15, 0.2) is 23.1 Å². The first kappa shape index (κ1) is 25.2. The van der Waals surface area contributed by atoms with Gasteiger partial charge in [-0.15, -0.1) is 0 Å². The van der Waals surface area contributed by atoms with Gasteiger partial charge in [0.25, 0.3) is 0 Å². The van der Waals surface area contributed by atoms with Gasteiger partial charge >= 0.3 is 5.97 Å². The number of rotatable bonds is 6. The minimum Gasteiger partial charge on any atom is -0.505 e. The molecular formula is C27H21F5O4. The van der Waals surface area contributed by atoms with E-state index >= 15 is 0 Å². The number of benzene rings is 3. The van der Waals surface area contributed by atoms with Gasteiger partial charge in [0.05, 0.1) is 12.2 Å². The predicted molar refractivity (Wildman–Crippen MR) is 122 cm³/mol. The van der Waals surface area contributed by atoms with Crippen LogP contribution in [0.25, 0.3) is 16.7 Å². The molecule has 0 saturated heterocycles. The SMILES string of the molecule is CCOc1ccc(-c2ccc(C3=CCC(OC(=O)c4ccc(O)c(F)c4F)CC3)c(F)c2)c(F)c1F. The number of aromatic hydroxyl groups is 1. The number of hydrogen-bond acceptors (Lipinski definition) is 4. The average Bonchev–Trinajstić information content (AvgIpc) is 2.86. The lowest BCUT2D eigenvalue weighted by molar-refractivity contribution is 0.0278. The fourth-order valence-corrected chi connectivity index (χ4v) is 4.04. The van der Waals surface area contributed by atoms with Gasteiger partial charge < -0.3 is 14.6 Å². The minimum atomic E-state index is -1.54. The van der Waals surface area contributed by atoms with Crippen LogP contribution in [0, 0.1) is 29.1 Å². The largest absolute Gasteiger partial charge is 0.505 e. The van der Waals surface area contributed by atoms with Gasteiger partial charge in [0.1, 0.15) is 11.9 Å². The first-order valence-electron chi connectivity index (χ1n) is 11.2.